The van der Waals surface area contributed by atoms with Crippen LogP contribution >= 0.6 is 15.9 Å². The number of benzene rings is 3. The van der Waals surface area contributed by atoms with Crippen molar-refractivity contribution in [2.75, 3.05) is 13.1 Å². The van der Waals surface area contributed by atoms with Crippen molar-refractivity contribution in [3.05, 3.63) is 123 Å². The number of aryl methyl sites for hydroxylation is 1. The average Bonchev–Trinajstić information content (AvgIpc) is 3.18. The second kappa shape index (κ2) is 10.9. The number of rotatable bonds is 7. The summed E-state index contributed by atoms with van der Waals surface area (Å²) in [7, 11) is 1.86. The molecular weight excluding hydrogens is 530 g/mol. The second-order valence-electron chi connectivity index (χ2n) is 9.69. The van der Waals surface area contributed by atoms with Gasteiger partial charge >= 0.3 is 5.97 Å². The van der Waals surface area contributed by atoms with Gasteiger partial charge in [0.15, 0.2) is 0 Å². The van der Waals surface area contributed by atoms with Gasteiger partial charge < -0.3 is 4.74 Å². The van der Waals surface area contributed by atoms with Crippen molar-refractivity contribution in [3.63, 3.8) is 0 Å². The van der Waals surface area contributed by atoms with Crippen LogP contribution in [0.15, 0.2) is 100 Å². The first-order valence-corrected chi connectivity index (χ1v) is 13.3. The molecule has 0 aliphatic carbocycles. The first kappa shape index (κ1) is 25.2. The minimum absolute atomic E-state index is 0.139. The fraction of sp³-hybridized carbons (Fsp3) is 0.267. The van der Waals surface area contributed by atoms with E-state index in [0.29, 0.717) is 42.6 Å². The summed E-state index contributed by atoms with van der Waals surface area (Å²) in [6.45, 7) is 1.37. The van der Waals surface area contributed by atoms with Gasteiger partial charge in [-0.1, -0.05) is 78.9 Å². The first-order valence-electron chi connectivity index (χ1n) is 12.5. The van der Waals surface area contributed by atoms with Crippen molar-refractivity contribution in [3.8, 4) is 5.75 Å². The number of piperidine rings is 1. The van der Waals surface area contributed by atoms with Crippen LogP contribution in [0.2, 0.25) is 0 Å². The molecule has 7 heteroatoms. The van der Waals surface area contributed by atoms with E-state index < -0.39 is 5.41 Å². The van der Waals surface area contributed by atoms with E-state index in [9.17, 15) is 9.59 Å². The zero-order valence-corrected chi connectivity index (χ0v) is 22.4. The molecule has 1 unspecified atom stereocenters. The predicted octanol–water partition coefficient (Wildman–Crippen LogP) is 5.50. The minimum atomic E-state index is -0.643. The Labute approximate surface area is 225 Å². The van der Waals surface area contributed by atoms with Crippen molar-refractivity contribution >= 4 is 21.9 Å². The molecule has 1 aliphatic rings. The van der Waals surface area contributed by atoms with E-state index in [0.717, 1.165) is 16.8 Å². The standard InChI is InChI=1S/C30H30BrN3O3/c1-33-27(25(31)28(35)32-33)26(23-13-7-3-8-14-23)34-19-17-30(18-20-34,21-22-11-5-2-6-12-22)29(36)37-24-15-9-4-10-16-24/h2-16,26H,17-21H2,1H3,(H,32,35). The molecular formula is C30H30BrN3O3. The molecule has 3 aromatic carbocycles. The Hall–Kier alpha value is -3.42. The van der Waals surface area contributed by atoms with Crippen LogP contribution in [0.4, 0.5) is 0 Å². The van der Waals surface area contributed by atoms with E-state index in [1.807, 2.05) is 73.8 Å². The number of esters is 1. The zero-order valence-electron chi connectivity index (χ0n) is 20.8. The van der Waals surface area contributed by atoms with Crippen LogP contribution in [0.25, 0.3) is 0 Å². The minimum Gasteiger partial charge on any atom is -0.426 e. The lowest BCUT2D eigenvalue weighted by atomic mass is 9.73. The molecule has 0 saturated carbocycles. The Balaban J connectivity index is 1.46. The lowest BCUT2D eigenvalue weighted by Gasteiger charge is -2.43. The fourth-order valence-electron chi connectivity index (χ4n) is 5.36. The molecule has 37 heavy (non-hydrogen) atoms. The van der Waals surface area contributed by atoms with Crippen LogP contribution in [0.5, 0.6) is 5.75 Å². The Morgan fingerprint density at radius 3 is 2.08 bits per heavy atom. The Kier molecular flexibility index (Phi) is 7.44. The SMILES string of the molecule is Cn1[nH]c(=O)c(Br)c1C(c1ccccc1)N1CCC(Cc2ccccc2)(C(=O)Oc2ccccc2)CC1. The lowest BCUT2D eigenvalue weighted by Crippen LogP contribution is -2.48. The molecule has 5 rings (SSSR count). The number of likely N-dealkylation sites (tertiary alicyclic amines) is 1. The normalized spacial score (nSPS) is 16.3. The first-order chi connectivity index (χ1) is 18.0. The van der Waals surface area contributed by atoms with E-state index in [-0.39, 0.29) is 17.6 Å². The van der Waals surface area contributed by atoms with Gasteiger partial charge in [-0.25, -0.2) is 0 Å². The van der Waals surface area contributed by atoms with Crippen molar-refractivity contribution < 1.29 is 9.53 Å². The molecule has 1 aliphatic heterocycles. The topological polar surface area (TPSA) is 67.3 Å². The molecule has 4 aromatic rings. The van der Waals surface area contributed by atoms with Crippen molar-refractivity contribution in [1.29, 1.82) is 0 Å². The summed E-state index contributed by atoms with van der Waals surface area (Å²) in [5.74, 6) is 0.379. The van der Waals surface area contributed by atoms with E-state index in [1.54, 1.807) is 4.68 Å². The maximum atomic E-state index is 13.7. The number of para-hydroxylation sites is 1. The summed E-state index contributed by atoms with van der Waals surface area (Å²) >= 11 is 3.53. The highest BCUT2D eigenvalue weighted by atomic mass is 79.9. The van der Waals surface area contributed by atoms with Gasteiger partial charge in [-0.2, -0.15) is 0 Å². The molecule has 0 radical (unpaired) electrons. The molecule has 6 nitrogen and oxygen atoms in total. The summed E-state index contributed by atoms with van der Waals surface area (Å²) in [5, 5.41) is 2.87. The maximum absolute atomic E-state index is 13.7. The van der Waals surface area contributed by atoms with Crippen LogP contribution in [0.1, 0.15) is 35.7 Å². The number of nitrogens with one attached hydrogen (secondary N) is 1. The summed E-state index contributed by atoms with van der Waals surface area (Å²) in [5.41, 5.74) is 2.30. The molecule has 1 aromatic heterocycles. The molecule has 1 fully saturated rings. The van der Waals surface area contributed by atoms with Gasteiger partial charge in [0.1, 0.15) is 10.2 Å². The van der Waals surface area contributed by atoms with E-state index in [2.05, 4.69) is 50.2 Å². The largest absolute Gasteiger partial charge is 0.426 e. The van der Waals surface area contributed by atoms with Crippen LogP contribution in [0, 0.1) is 5.41 Å². The molecule has 1 N–H and O–H groups in total. The monoisotopic (exact) mass is 559 g/mol. The van der Waals surface area contributed by atoms with E-state index in [1.165, 1.54) is 0 Å². The highest BCUT2D eigenvalue weighted by molar-refractivity contribution is 9.10. The molecule has 1 atom stereocenters. The highest BCUT2D eigenvalue weighted by Gasteiger charge is 2.45. The third-order valence-electron chi connectivity index (χ3n) is 7.32. The summed E-state index contributed by atoms with van der Waals surface area (Å²) in [4.78, 5) is 28.5. The summed E-state index contributed by atoms with van der Waals surface area (Å²) in [6.07, 6.45) is 1.91. The van der Waals surface area contributed by atoms with Gasteiger partial charge in [0.25, 0.3) is 5.56 Å². The number of aromatic amines is 1. The van der Waals surface area contributed by atoms with Gasteiger partial charge in [-0.3, -0.25) is 24.3 Å². The Bertz CT molecular complexity index is 1390. The third-order valence-corrected chi connectivity index (χ3v) is 8.09. The van der Waals surface area contributed by atoms with E-state index in [4.69, 9.17) is 4.74 Å². The number of H-pyrrole nitrogens is 1. The zero-order chi connectivity index (χ0) is 25.8. The van der Waals surface area contributed by atoms with Crippen molar-refractivity contribution in [2.24, 2.45) is 12.5 Å². The quantitative estimate of drug-likeness (QED) is 0.240. The van der Waals surface area contributed by atoms with Gasteiger partial charge in [0, 0.05) is 20.1 Å². The Morgan fingerprint density at radius 2 is 1.51 bits per heavy atom. The molecule has 190 valence electrons. The fourth-order valence-corrected chi connectivity index (χ4v) is 5.93. The lowest BCUT2D eigenvalue weighted by molar-refractivity contribution is -0.149. The van der Waals surface area contributed by atoms with Crippen LogP contribution < -0.4 is 10.3 Å². The van der Waals surface area contributed by atoms with Crippen LogP contribution in [0.3, 0.4) is 0 Å². The molecule has 1 saturated heterocycles. The number of halogens is 1. The van der Waals surface area contributed by atoms with Gasteiger partial charge in [-0.05, 0) is 58.5 Å². The van der Waals surface area contributed by atoms with Crippen LogP contribution in [-0.2, 0) is 18.3 Å². The molecule has 0 amide bonds. The second-order valence-corrected chi connectivity index (χ2v) is 10.5. The van der Waals surface area contributed by atoms with E-state index >= 15 is 0 Å². The smallest absolute Gasteiger partial charge is 0.317 e. The summed E-state index contributed by atoms with van der Waals surface area (Å²) in [6, 6.07) is 29.5. The van der Waals surface area contributed by atoms with Crippen molar-refractivity contribution in [2.45, 2.75) is 25.3 Å². The number of aromatic nitrogens is 2. The average molecular weight is 560 g/mol. The summed E-state index contributed by atoms with van der Waals surface area (Å²) < 4.78 is 8.25. The highest BCUT2D eigenvalue weighted by Crippen LogP contribution is 2.41. The maximum Gasteiger partial charge on any atom is 0.317 e. The number of carbonyl (C=O) groups is 1. The number of hydrogen-bond donors (Lipinski definition) is 1. The number of carbonyl (C=O) groups excluding carboxylic acids is 1. The molecule has 0 spiro atoms. The van der Waals surface area contributed by atoms with Crippen molar-refractivity contribution in [1.82, 2.24) is 14.7 Å². The van der Waals surface area contributed by atoms with Gasteiger partial charge in [-0.15, -0.1) is 0 Å². The third kappa shape index (κ3) is 5.33. The number of ether oxygens (including phenoxy) is 1. The van der Waals surface area contributed by atoms with Crippen LogP contribution in [-0.4, -0.2) is 33.7 Å². The Morgan fingerprint density at radius 1 is 0.946 bits per heavy atom. The molecule has 0 bridgehead atoms. The van der Waals surface area contributed by atoms with Gasteiger partial charge in [0.2, 0.25) is 0 Å². The molecule has 2 heterocycles. The number of hydrogen-bond acceptors (Lipinski definition) is 4. The van der Waals surface area contributed by atoms with Gasteiger partial charge in [0.05, 0.1) is 17.2 Å². The predicted molar refractivity (Wildman–Crippen MR) is 147 cm³/mol. The number of nitrogens with zero attached hydrogens (tertiary/aromatic N) is 2.